The van der Waals surface area contributed by atoms with Crippen LogP contribution >= 0.6 is 0 Å². The van der Waals surface area contributed by atoms with Crippen LogP contribution in [0.25, 0.3) is 0 Å². The summed E-state index contributed by atoms with van der Waals surface area (Å²) < 4.78 is 10.8. The summed E-state index contributed by atoms with van der Waals surface area (Å²) in [5.41, 5.74) is 0. The first-order valence-corrected chi connectivity index (χ1v) is 4.31. The van der Waals surface area contributed by atoms with Crippen molar-refractivity contribution in [3.05, 3.63) is 12.2 Å². The van der Waals surface area contributed by atoms with Crippen molar-refractivity contribution >= 4 is 0 Å². The van der Waals surface area contributed by atoms with Crippen LogP contribution < -0.4 is 0 Å². The van der Waals surface area contributed by atoms with Gasteiger partial charge in [-0.1, -0.05) is 6.08 Å². The van der Waals surface area contributed by atoms with Gasteiger partial charge in [0.2, 0.25) is 0 Å². The summed E-state index contributed by atoms with van der Waals surface area (Å²) in [5.74, 6) is 0. The van der Waals surface area contributed by atoms with E-state index >= 15 is 0 Å². The highest BCUT2D eigenvalue weighted by Gasteiger charge is 2.18. The number of aliphatic hydroxyl groups excluding tert-OH is 1. The quantitative estimate of drug-likeness (QED) is 0.647. The Balaban J connectivity index is 2.35. The first-order chi connectivity index (χ1) is 5.72. The second-order valence-corrected chi connectivity index (χ2v) is 3.16. The van der Waals surface area contributed by atoms with Gasteiger partial charge >= 0.3 is 0 Å². The summed E-state index contributed by atoms with van der Waals surface area (Å²) in [4.78, 5) is 0. The maximum atomic E-state index is 8.83. The lowest BCUT2D eigenvalue weighted by atomic mass is 10.2. The fourth-order valence-electron chi connectivity index (χ4n) is 1.10. The molecule has 1 aliphatic heterocycles. The number of rotatable bonds is 3. The van der Waals surface area contributed by atoms with Crippen molar-refractivity contribution in [1.82, 2.24) is 0 Å². The average Bonchev–Trinajstić information content (AvgIpc) is 2.03. The Morgan fingerprint density at radius 3 is 3.00 bits per heavy atom. The van der Waals surface area contributed by atoms with E-state index in [1.165, 1.54) is 0 Å². The van der Waals surface area contributed by atoms with Crippen LogP contribution in [0.2, 0.25) is 0 Å². The van der Waals surface area contributed by atoms with Crippen LogP contribution in [0.1, 0.15) is 20.3 Å². The first-order valence-electron chi connectivity index (χ1n) is 4.31. The predicted molar refractivity (Wildman–Crippen MR) is 45.7 cm³/mol. The Hall–Kier alpha value is -0.380. The van der Waals surface area contributed by atoms with E-state index in [2.05, 4.69) is 0 Å². The lowest BCUT2D eigenvalue weighted by Gasteiger charge is -2.25. The van der Waals surface area contributed by atoms with E-state index in [4.69, 9.17) is 14.6 Å². The standard InChI is InChI=1S/C9H16O3/c1-7(2)11-9-5-3-4-8(6-10)12-9/h3,5,7-10H,4,6H2,1-2H3/t8-,9+/m0/s1. The largest absolute Gasteiger partial charge is 0.394 e. The molecule has 2 atom stereocenters. The van der Waals surface area contributed by atoms with Crippen molar-refractivity contribution in [2.24, 2.45) is 0 Å². The van der Waals surface area contributed by atoms with E-state index < -0.39 is 0 Å². The van der Waals surface area contributed by atoms with E-state index in [1.54, 1.807) is 0 Å². The second-order valence-electron chi connectivity index (χ2n) is 3.16. The number of aliphatic hydroxyl groups is 1. The lowest BCUT2D eigenvalue weighted by molar-refractivity contribution is -0.172. The molecule has 0 amide bonds. The highest BCUT2D eigenvalue weighted by Crippen LogP contribution is 2.13. The molecule has 12 heavy (non-hydrogen) atoms. The second kappa shape index (κ2) is 4.60. The Morgan fingerprint density at radius 2 is 2.42 bits per heavy atom. The third-order valence-electron chi connectivity index (χ3n) is 1.63. The minimum absolute atomic E-state index is 0.0578. The minimum atomic E-state index is -0.282. The molecule has 0 unspecified atom stereocenters. The predicted octanol–water partition coefficient (Wildman–Crippen LogP) is 1.07. The fourth-order valence-corrected chi connectivity index (χ4v) is 1.10. The molecule has 0 saturated heterocycles. The molecule has 0 aromatic heterocycles. The minimum Gasteiger partial charge on any atom is -0.394 e. The van der Waals surface area contributed by atoms with E-state index in [-0.39, 0.29) is 25.1 Å². The van der Waals surface area contributed by atoms with Gasteiger partial charge in [-0.25, -0.2) is 0 Å². The Bertz CT molecular complexity index is 154. The molecule has 1 heterocycles. The van der Waals surface area contributed by atoms with Gasteiger partial charge in [0.25, 0.3) is 0 Å². The van der Waals surface area contributed by atoms with E-state index in [0.29, 0.717) is 0 Å². The van der Waals surface area contributed by atoms with E-state index in [0.717, 1.165) is 6.42 Å². The van der Waals surface area contributed by atoms with E-state index in [1.807, 2.05) is 26.0 Å². The highest BCUT2D eigenvalue weighted by atomic mass is 16.7. The van der Waals surface area contributed by atoms with Gasteiger partial charge in [-0.05, 0) is 26.3 Å². The molecule has 0 aromatic rings. The Kier molecular flexibility index (Phi) is 3.72. The molecular weight excluding hydrogens is 156 g/mol. The van der Waals surface area contributed by atoms with Gasteiger partial charge in [0.1, 0.15) is 0 Å². The summed E-state index contributed by atoms with van der Waals surface area (Å²) >= 11 is 0. The van der Waals surface area contributed by atoms with Gasteiger partial charge in [0.05, 0.1) is 18.8 Å². The zero-order valence-electron chi connectivity index (χ0n) is 7.56. The van der Waals surface area contributed by atoms with Crippen molar-refractivity contribution in [1.29, 1.82) is 0 Å². The van der Waals surface area contributed by atoms with Crippen LogP contribution in [0.5, 0.6) is 0 Å². The molecule has 0 bridgehead atoms. The van der Waals surface area contributed by atoms with Crippen molar-refractivity contribution in [3.63, 3.8) is 0 Å². The summed E-state index contributed by atoms with van der Waals surface area (Å²) in [6.07, 6.45) is 4.41. The molecule has 0 radical (unpaired) electrons. The molecule has 1 aliphatic rings. The molecule has 1 rings (SSSR count). The van der Waals surface area contributed by atoms with Gasteiger partial charge in [0.15, 0.2) is 6.29 Å². The van der Waals surface area contributed by atoms with Crippen molar-refractivity contribution in [3.8, 4) is 0 Å². The van der Waals surface area contributed by atoms with Crippen LogP contribution in [-0.2, 0) is 9.47 Å². The molecule has 0 fully saturated rings. The molecule has 3 nitrogen and oxygen atoms in total. The maximum Gasteiger partial charge on any atom is 0.177 e. The summed E-state index contributed by atoms with van der Waals surface area (Å²) in [6.45, 7) is 3.97. The number of hydrogen-bond acceptors (Lipinski definition) is 3. The Morgan fingerprint density at radius 1 is 1.67 bits per heavy atom. The Labute approximate surface area is 73.0 Å². The summed E-state index contributed by atoms with van der Waals surface area (Å²) in [6, 6.07) is 0. The molecule has 1 N–H and O–H groups in total. The number of hydrogen-bond donors (Lipinski definition) is 1. The van der Waals surface area contributed by atoms with Crippen molar-refractivity contribution < 1.29 is 14.6 Å². The first kappa shape index (κ1) is 9.71. The monoisotopic (exact) mass is 172 g/mol. The third-order valence-corrected chi connectivity index (χ3v) is 1.63. The van der Waals surface area contributed by atoms with Crippen LogP contribution in [0.4, 0.5) is 0 Å². The van der Waals surface area contributed by atoms with Gasteiger partial charge in [-0.3, -0.25) is 0 Å². The third kappa shape index (κ3) is 2.93. The molecule has 0 aromatic carbocycles. The van der Waals surface area contributed by atoms with Gasteiger partial charge in [0, 0.05) is 0 Å². The van der Waals surface area contributed by atoms with Crippen molar-refractivity contribution in [2.75, 3.05) is 6.61 Å². The number of ether oxygens (including phenoxy) is 2. The average molecular weight is 172 g/mol. The normalized spacial score (nSPS) is 29.7. The SMILES string of the molecule is CC(C)O[C@H]1C=CC[C@@H](CO)O1. The molecule has 3 heteroatoms. The van der Waals surface area contributed by atoms with Crippen LogP contribution in [0.3, 0.4) is 0 Å². The van der Waals surface area contributed by atoms with E-state index in [9.17, 15) is 0 Å². The molecule has 0 spiro atoms. The zero-order chi connectivity index (χ0) is 8.97. The summed E-state index contributed by atoms with van der Waals surface area (Å²) in [5, 5.41) is 8.83. The fraction of sp³-hybridized carbons (Fsp3) is 0.778. The maximum absolute atomic E-state index is 8.83. The molecule has 0 saturated carbocycles. The van der Waals surface area contributed by atoms with Gasteiger partial charge < -0.3 is 14.6 Å². The molecule has 70 valence electrons. The highest BCUT2D eigenvalue weighted by molar-refractivity contribution is 4.92. The van der Waals surface area contributed by atoms with Gasteiger partial charge in [-0.15, -0.1) is 0 Å². The van der Waals surface area contributed by atoms with Crippen LogP contribution in [0.15, 0.2) is 12.2 Å². The van der Waals surface area contributed by atoms with Gasteiger partial charge in [-0.2, -0.15) is 0 Å². The zero-order valence-corrected chi connectivity index (χ0v) is 7.56. The smallest absolute Gasteiger partial charge is 0.177 e. The van der Waals surface area contributed by atoms with Crippen molar-refractivity contribution in [2.45, 2.75) is 38.8 Å². The summed E-state index contributed by atoms with van der Waals surface area (Å²) in [7, 11) is 0. The molecule has 0 aliphatic carbocycles. The van der Waals surface area contributed by atoms with Crippen LogP contribution in [-0.4, -0.2) is 30.2 Å². The van der Waals surface area contributed by atoms with Crippen LogP contribution in [0, 0.1) is 0 Å². The molecular formula is C9H16O3. The lowest BCUT2D eigenvalue weighted by Crippen LogP contribution is -2.30. The topological polar surface area (TPSA) is 38.7 Å².